The molecule has 2 amide bonds. The Hall–Kier alpha value is -3.51. The molecule has 0 saturated heterocycles. The molecule has 6 nitrogen and oxygen atoms in total. The van der Waals surface area contributed by atoms with E-state index in [1.54, 1.807) is 36.4 Å². The molecular weight excluding hydrogens is 392 g/mol. The summed E-state index contributed by atoms with van der Waals surface area (Å²) >= 11 is 6.15. The van der Waals surface area contributed by atoms with Crippen molar-refractivity contribution in [3.63, 3.8) is 0 Å². The minimum atomic E-state index is -0.548. The highest BCUT2D eigenvalue weighted by Crippen LogP contribution is 2.34. The number of phenols is 1. The Morgan fingerprint density at radius 1 is 1.00 bits per heavy atom. The van der Waals surface area contributed by atoms with Crippen LogP contribution < -0.4 is 15.8 Å². The number of anilines is 1. The maximum atomic E-state index is 12.8. The quantitative estimate of drug-likeness (QED) is 0.542. The fourth-order valence-corrected chi connectivity index (χ4v) is 2.94. The number of primary amides is 1. The number of aromatic hydroxyl groups is 1. The second-order valence-corrected chi connectivity index (χ2v) is 6.64. The monoisotopic (exact) mass is 410 g/mol. The first-order chi connectivity index (χ1) is 14.0. The van der Waals surface area contributed by atoms with Crippen LogP contribution in [0.4, 0.5) is 5.69 Å². The third-order valence-electron chi connectivity index (χ3n) is 4.16. The van der Waals surface area contributed by atoms with Gasteiger partial charge in [0.1, 0.15) is 11.5 Å². The second kappa shape index (κ2) is 9.12. The lowest BCUT2D eigenvalue weighted by Gasteiger charge is -2.14. The number of carbonyl (C=O) groups excluding carboxylic acids is 2. The third-order valence-corrected chi connectivity index (χ3v) is 4.44. The molecule has 0 fully saturated rings. The van der Waals surface area contributed by atoms with E-state index in [0.29, 0.717) is 17.0 Å². The minimum Gasteiger partial charge on any atom is -0.506 e. The maximum absolute atomic E-state index is 12.8. The van der Waals surface area contributed by atoms with Gasteiger partial charge in [-0.3, -0.25) is 9.59 Å². The van der Waals surface area contributed by atoms with Crippen LogP contribution >= 0.6 is 11.6 Å². The van der Waals surface area contributed by atoms with Gasteiger partial charge in [-0.15, -0.1) is 0 Å². The van der Waals surface area contributed by atoms with Gasteiger partial charge in [0.05, 0.1) is 29.3 Å². The highest BCUT2D eigenvalue weighted by atomic mass is 35.5. The highest BCUT2D eigenvalue weighted by Gasteiger charge is 2.18. The van der Waals surface area contributed by atoms with Gasteiger partial charge >= 0.3 is 0 Å². The summed E-state index contributed by atoms with van der Waals surface area (Å²) in [5, 5.41) is 13.1. The molecule has 4 N–H and O–H groups in total. The molecule has 7 heteroatoms. The predicted molar refractivity (Wildman–Crippen MR) is 112 cm³/mol. The van der Waals surface area contributed by atoms with Crippen LogP contribution in [-0.4, -0.2) is 23.5 Å². The number of phenolic OH excluding ortho intramolecular Hbond substituents is 1. The van der Waals surface area contributed by atoms with Crippen molar-refractivity contribution in [3.05, 3.63) is 77.3 Å². The Bertz CT molecular complexity index is 1040. The molecule has 3 aromatic rings. The summed E-state index contributed by atoms with van der Waals surface area (Å²) in [5.74, 6) is -0.959. The topological polar surface area (TPSA) is 102 Å². The van der Waals surface area contributed by atoms with Crippen LogP contribution in [0.15, 0.2) is 66.7 Å². The van der Waals surface area contributed by atoms with Crippen LogP contribution in [-0.2, 0) is 4.79 Å². The first-order valence-corrected chi connectivity index (χ1v) is 9.23. The molecular formula is C22H19ClN2O4. The van der Waals surface area contributed by atoms with E-state index >= 15 is 0 Å². The van der Waals surface area contributed by atoms with Gasteiger partial charge in [-0.25, -0.2) is 0 Å². The number of para-hydroxylation sites is 2. The lowest BCUT2D eigenvalue weighted by Crippen LogP contribution is -2.16. The summed E-state index contributed by atoms with van der Waals surface area (Å²) in [6.07, 6.45) is 0.0534. The van der Waals surface area contributed by atoms with Gasteiger partial charge < -0.3 is 20.9 Å². The van der Waals surface area contributed by atoms with Crippen LogP contribution in [0.25, 0.3) is 11.1 Å². The van der Waals surface area contributed by atoms with Crippen LogP contribution in [0.5, 0.6) is 11.5 Å². The van der Waals surface area contributed by atoms with E-state index in [9.17, 15) is 14.7 Å². The zero-order chi connectivity index (χ0) is 20.8. The number of nitrogens with two attached hydrogens (primary N) is 1. The molecule has 0 unspecified atom stereocenters. The van der Waals surface area contributed by atoms with E-state index in [2.05, 4.69) is 5.32 Å². The molecule has 3 aromatic carbocycles. The molecule has 0 bridgehead atoms. The summed E-state index contributed by atoms with van der Waals surface area (Å²) < 4.78 is 5.53. The van der Waals surface area contributed by atoms with Crippen molar-refractivity contribution in [3.8, 4) is 22.6 Å². The lowest BCUT2D eigenvalue weighted by molar-refractivity contribution is -0.118. The molecule has 148 valence electrons. The second-order valence-electron chi connectivity index (χ2n) is 6.24. The van der Waals surface area contributed by atoms with Crippen LogP contribution in [0.1, 0.15) is 16.8 Å². The van der Waals surface area contributed by atoms with Crippen LogP contribution in [0, 0.1) is 0 Å². The Balaban J connectivity index is 1.86. The molecule has 3 rings (SSSR count). The molecule has 0 aromatic heterocycles. The maximum Gasteiger partial charge on any atom is 0.259 e. The van der Waals surface area contributed by atoms with E-state index in [1.165, 1.54) is 0 Å². The summed E-state index contributed by atoms with van der Waals surface area (Å²) in [4.78, 5) is 23.7. The molecule has 0 radical (unpaired) electrons. The Morgan fingerprint density at radius 2 is 1.69 bits per heavy atom. The minimum absolute atomic E-state index is 0.0308. The lowest BCUT2D eigenvalue weighted by atomic mass is 10.0. The highest BCUT2D eigenvalue weighted by molar-refractivity contribution is 6.33. The molecule has 0 heterocycles. The molecule has 29 heavy (non-hydrogen) atoms. The van der Waals surface area contributed by atoms with E-state index in [1.807, 2.05) is 30.3 Å². The SMILES string of the molecule is NC(=O)CCOc1ccccc1NC(=O)c1cc(-c2ccccc2)cc(Cl)c1O. The largest absolute Gasteiger partial charge is 0.506 e. The average Bonchev–Trinajstić information content (AvgIpc) is 2.71. The number of halogens is 1. The van der Waals surface area contributed by atoms with E-state index in [0.717, 1.165) is 5.56 Å². The smallest absolute Gasteiger partial charge is 0.259 e. The molecule has 0 aliphatic carbocycles. The Kier molecular flexibility index (Phi) is 6.36. The number of nitrogens with one attached hydrogen (secondary N) is 1. The average molecular weight is 411 g/mol. The van der Waals surface area contributed by atoms with Crippen molar-refractivity contribution in [2.75, 3.05) is 11.9 Å². The Labute approximate surface area is 172 Å². The molecule has 0 atom stereocenters. The number of ether oxygens (including phenoxy) is 1. The fraction of sp³-hybridized carbons (Fsp3) is 0.0909. The van der Waals surface area contributed by atoms with E-state index in [4.69, 9.17) is 22.1 Å². The number of hydrogen-bond acceptors (Lipinski definition) is 4. The number of rotatable bonds is 7. The van der Waals surface area contributed by atoms with Gasteiger partial charge in [0.2, 0.25) is 5.91 Å². The summed E-state index contributed by atoms with van der Waals surface area (Å²) in [6, 6.07) is 19.3. The van der Waals surface area contributed by atoms with Gasteiger partial charge in [0.25, 0.3) is 5.91 Å². The van der Waals surface area contributed by atoms with Gasteiger partial charge in [0.15, 0.2) is 0 Å². The number of carbonyl (C=O) groups is 2. The van der Waals surface area contributed by atoms with Crippen molar-refractivity contribution in [2.24, 2.45) is 5.73 Å². The standard InChI is InChI=1S/C22H19ClN2O4/c23-17-13-15(14-6-2-1-3-7-14)12-16(21(17)27)22(28)25-18-8-4-5-9-19(18)29-11-10-20(24)26/h1-9,12-13,27H,10-11H2,(H2,24,26)(H,25,28). The molecule has 0 spiro atoms. The van der Waals surface area contributed by atoms with Crippen molar-refractivity contribution in [1.29, 1.82) is 0 Å². The fourth-order valence-electron chi connectivity index (χ4n) is 2.72. The van der Waals surface area contributed by atoms with Crippen molar-refractivity contribution in [1.82, 2.24) is 0 Å². The zero-order valence-corrected chi connectivity index (χ0v) is 16.1. The van der Waals surface area contributed by atoms with Crippen molar-refractivity contribution in [2.45, 2.75) is 6.42 Å². The van der Waals surface area contributed by atoms with Gasteiger partial charge in [-0.1, -0.05) is 54.1 Å². The molecule has 0 aliphatic rings. The number of amides is 2. The molecule has 0 saturated carbocycles. The summed E-state index contributed by atoms with van der Waals surface area (Å²) in [7, 11) is 0. The van der Waals surface area contributed by atoms with Crippen molar-refractivity contribution < 1.29 is 19.4 Å². The van der Waals surface area contributed by atoms with Crippen molar-refractivity contribution >= 4 is 29.1 Å². The predicted octanol–water partition coefficient (Wildman–Crippen LogP) is 4.22. The zero-order valence-electron chi connectivity index (χ0n) is 15.4. The first kappa shape index (κ1) is 20.2. The van der Waals surface area contributed by atoms with Crippen LogP contribution in [0.2, 0.25) is 5.02 Å². The Morgan fingerprint density at radius 3 is 2.41 bits per heavy atom. The van der Waals surface area contributed by atoms with Gasteiger partial charge in [0, 0.05) is 0 Å². The summed E-state index contributed by atoms with van der Waals surface area (Å²) in [6.45, 7) is 0.0861. The van der Waals surface area contributed by atoms with Gasteiger partial charge in [-0.2, -0.15) is 0 Å². The van der Waals surface area contributed by atoms with Crippen LogP contribution in [0.3, 0.4) is 0 Å². The summed E-state index contributed by atoms with van der Waals surface area (Å²) in [5.41, 5.74) is 7.10. The number of hydrogen-bond donors (Lipinski definition) is 3. The number of benzene rings is 3. The normalized spacial score (nSPS) is 10.4. The van der Waals surface area contributed by atoms with E-state index < -0.39 is 11.8 Å². The first-order valence-electron chi connectivity index (χ1n) is 8.85. The molecule has 0 aliphatic heterocycles. The van der Waals surface area contributed by atoms with E-state index in [-0.39, 0.29) is 29.4 Å². The third kappa shape index (κ3) is 5.06. The van der Waals surface area contributed by atoms with Gasteiger partial charge in [-0.05, 0) is 35.4 Å².